The van der Waals surface area contributed by atoms with E-state index in [2.05, 4.69) is 80.6 Å². The van der Waals surface area contributed by atoms with Gasteiger partial charge in [-0.05, 0) is 104 Å². The van der Waals surface area contributed by atoms with Crippen molar-refractivity contribution < 1.29 is 9.53 Å². The molecule has 3 fully saturated rings. The number of Topliss-reactive ketones (excluding diaryl/α,β-unsaturated/α-hetero) is 1. The van der Waals surface area contributed by atoms with Crippen molar-refractivity contribution in [1.82, 2.24) is 0 Å². The second kappa shape index (κ2) is 9.53. The van der Waals surface area contributed by atoms with Gasteiger partial charge in [0.15, 0.2) is 0 Å². The maximum absolute atomic E-state index is 13.5. The fourth-order valence-electron chi connectivity index (χ4n) is 9.63. The van der Waals surface area contributed by atoms with Crippen molar-refractivity contribution in [2.24, 2.45) is 34.0 Å². The Morgan fingerprint density at radius 1 is 0.865 bits per heavy atom. The largest absolute Gasteiger partial charge is 0.373 e. The number of carbonyl (C=O) groups excluding carboxylic acids is 1. The van der Waals surface area contributed by atoms with E-state index >= 15 is 0 Å². The number of allylic oxidation sites excluding steroid dienone is 1. The zero-order chi connectivity index (χ0) is 25.7. The average molecular weight is 497 g/mol. The molecule has 0 aromatic heterocycles. The van der Waals surface area contributed by atoms with Crippen LogP contribution in [-0.4, -0.2) is 11.9 Å². The molecule has 0 radical (unpaired) electrons. The van der Waals surface area contributed by atoms with Crippen LogP contribution >= 0.6 is 0 Å². The van der Waals surface area contributed by atoms with Crippen LogP contribution < -0.4 is 0 Å². The van der Waals surface area contributed by atoms with Gasteiger partial charge >= 0.3 is 0 Å². The summed E-state index contributed by atoms with van der Waals surface area (Å²) >= 11 is 0. The molecule has 2 aromatic rings. The molecule has 0 amide bonds. The molecular formula is C35H44O2. The van der Waals surface area contributed by atoms with Crippen molar-refractivity contribution in [2.75, 3.05) is 0 Å². The molecular weight excluding hydrogens is 452 g/mol. The van der Waals surface area contributed by atoms with E-state index in [1.807, 2.05) is 6.92 Å². The highest BCUT2D eigenvalue weighted by Gasteiger charge is 2.65. The molecule has 4 unspecified atom stereocenters. The third-order valence-electron chi connectivity index (χ3n) is 11.8. The molecule has 0 N–H and O–H groups in total. The normalized spacial score (nSPS) is 38.7. The highest BCUT2D eigenvalue weighted by Crippen LogP contribution is 2.70. The lowest BCUT2D eigenvalue weighted by Gasteiger charge is -2.59. The molecule has 6 rings (SSSR count). The number of rotatable bonds is 6. The van der Waals surface area contributed by atoms with Crippen LogP contribution in [0.1, 0.15) is 83.3 Å². The van der Waals surface area contributed by atoms with Crippen molar-refractivity contribution >= 4 is 5.78 Å². The molecule has 37 heavy (non-hydrogen) atoms. The molecule has 2 heteroatoms. The second-order valence-electron chi connectivity index (χ2n) is 13.2. The standard InChI is InChI=1S/C35H44O2/c1-25(36)35(23-26-10-6-4-7-11-26)21-18-32-30-15-14-28-22-29(37-24-27-12-8-5-9-13-27)16-19-33(28,2)31(30)17-20-34(32,35)3/h4-14,29-32H,15-24H2,1-3H3/t29-,30?,31?,32?,33-,34?,35-/m0/s1. The van der Waals surface area contributed by atoms with E-state index in [1.54, 1.807) is 5.57 Å². The number of hydrogen-bond donors (Lipinski definition) is 0. The van der Waals surface area contributed by atoms with Crippen LogP contribution in [0.5, 0.6) is 0 Å². The lowest BCUT2D eigenvalue weighted by molar-refractivity contribution is -0.140. The number of ketones is 1. The zero-order valence-corrected chi connectivity index (χ0v) is 23.0. The summed E-state index contributed by atoms with van der Waals surface area (Å²) in [5.74, 6) is 2.54. The first-order valence-corrected chi connectivity index (χ1v) is 14.8. The first kappa shape index (κ1) is 25.1. The summed E-state index contributed by atoms with van der Waals surface area (Å²) in [6, 6.07) is 21.4. The summed E-state index contributed by atoms with van der Waals surface area (Å²) in [7, 11) is 0. The summed E-state index contributed by atoms with van der Waals surface area (Å²) in [4.78, 5) is 13.5. The predicted octanol–water partition coefficient (Wildman–Crippen LogP) is 8.35. The van der Waals surface area contributed by atoms with Crippen LogP contribution in [0.2, 0.25) is 0 Å². The van der Waals surface area contributed by atoms with E-state index in [9.17, 15) is 4.79 Å². The van der Waals surface area contributed by atoms with E-state index in [-0.39, 0.29) is 10.8 Å². The molecule has 4 aliphatic carbocycles. The molecule has 0 heterocycles. The smallest absolute Gasteiger partial charge is 0.136 e. The number of fused-ring (bicyclic) bond motifs is 5. The minimum absolute atomic E-state index is 0.105. The topological polar surface area (TPSA) is 26.3 Å². The molecule has 0 aliphatic heterocycles. The van der Waals surface area contributed by atoms with Gasteiger partial charge in [-0.15, -0.1) is 0 Å². The number of ether oxygens (including phenoxy) is 1. The summed E-state index contributed by atoms with van der Waals surface area (Å²) in [5, 5.41) is 0. The van der Waals surface area contributed by atoms with E-state index in [0.29, 0.717) is 29.1 Å². The highest BCUT2D eigenvalue weighted by molar-refractivity contribution is 5.84. The summed E-state index contributed by atoms with van der Waals surface area (Å²) in [6.07, 6.45) is 13.3. The van der Waals surface area contributed by atoms with Gasteiger partial charge in [-0.1, -0.05) is 86.2 Å². The summed E-state index contributed by atoms with van der Waals surface area (Å²) in [5.41, 5.74) is 4.46. The molecule has 7 atom stereocenters. The van der Waals surface area contributed by atoms with E-state index < -0.39 is 0 Å². The third-order valence-corrected chi connectivity index (χ3v) is 11.8. The van der Waals surface area contributed by atoms with Gasteiger partial charge in [0.2, 0.25) is 0 Å². The van der Waals surface area contributed by atoms with Crippen molar-refractivity contribution in [3.63, 3.8) is 0 Å². The molecule has 0 spiro atoms. The number of hydrogen-bond acceptors (Lipinski definition) is 2. The van der Waals surface area contributed by atoms with Crippen LogP contribution in [0.15, 0.2) is 72.3 Å². The SMILES string of the molecule is CC(=O)[C@@]1(Cc2ccccc2)CCC2C3CC=C4C[C@@H](OCc5ccccc5)CC[C@]4(C)C3CCC21C. The van der Waals surface area contributed by atoms with Gasteiger partial charge in [0.1, 0.15) is 5.78 Å². The molecule has 196 valence electrons. The second-order valence-corrected chi connectivity index (χ2v) is 13.2. The van der Waals surface area contributed by atoms with Crippen molar-refractivity contribution in [3.8, 4) is 0 Å². The Labute approximate surface area is 223 Å². The van der Waals surface area contributed by atoms with Crippen LogP contribution in [0, 0.1) is 34.0 Å². The van der Waals surface area contributed by atoms with Gasteiger partial charge < -0.3 is 4.74 Å². The van der Waals surface area contributed by atoms with Crippen LogP contribution in [0.3, 0.4) is 0 Å². The summed E-state index contributed by atoms with van der Waals surface area (Å²) in [6.45, 7) is 7.68. The Morgan fingerprint density at radius 2 is 1.54 bits per heavy atom. The first-order chi connectivity index (χ1) is 17.9. The van der Waals surface area contributed by atoms with Gasteiger partial charge in [0.05, 0.1) is 12.7 Å². The lowest BCUT2D eigenvalue weighted by atomic mass is 9.45. The fraction of sp³-hybridized carbons (Fsp3) is 0.571. The third kappa shape index (κ3) is 4.06. The minimum Gasteiger partial charge on any atom is -0.373 e. The van der Waals surface area contributed by atoms with E-state index in [1.165, 1.54) is 43.2 Å². The predicted molar refractivity (Wildman–Crippen MR) is 150 cm³/mol. The Bertz CT molecular complexity index is 1150. The van der Waals surface area contributed by atoms with Gasteiger partial charge in [0.25, 0.3) is 0 Å². The Morgan fingerprint density at radius 3 is 2.24 bits per heavy atom. The molecule has 0 saturated heterocycles. The quantitative estimate of drug-likeness (QED) is 0.376. The monoisotopic (exact) mass is 496 g/mol. The van der Waals surface area contributed by atoms with Gasteiger partial charge in [-0.25, -0.2) is 0 Å². The summed E-state index contributed by atoms with van der Waals surface area (Å²) < 4.78 is 6.42. The Kier molecular flexibility index (Phi) is 6.46. The lowest BCUT2D eigenvalue weighted by Crippen LogP contribution is -2.54. The Balaban J connectivity index is 1.21. The van der Waals surface area contributed by atoms with Crippen molar-refractivity contribution in [3.05, 3.63) is 83.4 Å². The van der Waals surface area contributed by atoms with Crippen LogP contribution in [0.25, 0.3) is 0 Å². The molecule has 2 nitrogen and oxygen atoms in total. The van der Waals surface area contributed by atoms with Gasteiger partial charge in [0, 0.05) is 5.41 Å². The van der Waals surface area contributed by atoms with Gasteiger partial charge in [-0.2, -0.15) is 0 Å². The zero-order valence-electron chi connectivity index (χ0n) is 23.0. The average Bonchev–Trinajstić information content (AvgIpc) is 3.21. The molecule has 0 bridgehead atoms. The van der Waals surface area contributed by atoms with E-state index in [0.717, 1.165) is 38.2 Å². The maximum atomic E-state index is 13.5. The molecule has 2 aromatic carbocycles. The maximum Gasteiger partial charge on any atom is 0.136 e. The first-order valence-electron chi connectivity index (χ1n) is 14.8. The van der Waals surface area contributed by atoms with Crippen molar-refractivity contribution in [1.29, 1.82) is 0 Å². The number of carbonyl (C=O) groups is 1. The number of benzene rings is 2. The fourth-order valence-corrected chi connectivity index (χ4v) is 9.63. The Hall–Kier alpha value is -2.19. The van der Waals surface area contributed by atoms with E-state index in [4.69, 9.17) is 4.74 Å². The minimum atomic E-state index is -0.210. The van der Waals surface area contributed by atoms with Crippen molar-refractivity contribution in [2.45, 2.75) is 91.3 Å². The van der Waals surface area contributed by atoms with Gasteiger partial charge in [-0.3, -0.25) is 4.79 Å². The van der Waals surface area contributed by atoms with Crippen LogP contribution in [0.4, 0.5) is 0 Å². The molecule has 4 aliphatic rings. The molecule has 3 saturated carbocycles. The highest BCUT2D eigenvalue weighted by atomic mass is 16.5. The van der Waals surface area contributed by atoms with Crippen LogP contribution in [-0.2, 0) is 22.6 Å².